The van der Waals surface area contributed by atoms with Gasteiger partial charge in [-0.25, -0.2) is 0 Å². The molecule has 0 spiro atoms. The molecule has 0 saturated heterocycles. The maximum absolute atomic E-state index is 4.20. The third kappa shape index (κ3) is 6.31. The van der Waals surface area contributed by atoms with Gasteiger partial charge in [0, 0.05) is 24.8 Å². The average Bonchev–Trinajstić information content (AvgIpc) is 3.21. The molecular weight excluding hydrogens is 605 g/mol. The first-order valence-electron chi connectivity index (χ1n) is 16.9. The fourth-order valence-electron chi connectivity index (χ4n) is 6.76. The number of nitrogens with zero attached hydrogens (tertiary/aromatic N) is 2. The van der Waals surface area contributed by atoms with Gasteiger partial charge in [-0.1, -0.05) is 158 Å². The highest BCUT2D eigenvalue weighted by Gasteiger charge is 2.21. The number of rotatable bonds is 8. The van der Waals surface area contributed by atoms with E-state index in [-0.39, 0.29) is 0 Å². The van der Waals surface area contributed by atoms with E-state index in [9.17, 15) is 0 Å². The molecule has 6 aromatic carbocycles. The fourth-order valence-corrected chi connectivity index (χ4v) is 6.76. The fraction of sp³-hybridized carbons (Fsp3) is 0. The highest BCUT2D eigenvalue weighted by atomic mass is 14.6. The molecule has 8 rings (SSSR count). The molecule has 0 unspecified atom stereocenters. The summed E-state index contributed by atoms with van der Waals surface area (Å²) < 4.78 is 0. The van der Waals surface area contributed by atoms with Crippen molar-refractivity contribution in [1.29, 1.82) is 0 Å². The van der Waals surface area contributed by atoms with E-state index >= 15 is 0 Å². The highest BCUT2D eigenvalue weighted by Crippen LogP contribution is 2.43. The van der Waals surface area contributed by atoms with Crippen LogP contribution in [0.5, 0.6) is 0 Å². The predicted molar refractivity (Wildman–Crippen MR) is 208 cm³/mol. The lowest BCUT2D eigenvalue weighted by Gasteiger charge is -2.22. The zero-order chi connectivity index (χ0) is 33.5. The van der Waals surface area contributed by atoms with Crippen LogP contribution in [0.2, 0.25) is 0 Å². The minimum absolute atomic E-state index is 1.15. The van der Waals surface area contributed by atoms with Gasteiger partial charge in [-0.05, 0) is 102 Å². The lowest BCUT2D eigenvalue weighted by Crippen LogP contribution is -2.01. The van der Waals surface area contributed by atoms with Crippen LogP contribution in [0, 0.1) is 0 Å². The van der Waals surface area contributed by atoms with Gasteiger partial charge >= 0.3 is 0 Å². The van der Waals surface area contributed by atoms with E-state index in [2.05, 4.69) is 192 Å². The van der Waals surface area contributed by atoms with Gasteiger partial charge in [0.05, 0.1) is 0 Å². The van der Waals surface area contributed by atoms with Gasteiger partial charge in [0.25, 0.3) is 0 Å². The molecule has 2 heterocycles. The van der Waals surface area contributed by atoms with Gasteiger partial charge in [-0.3, -0.25) is 9.97 Å². The molecule has 8 aromatic rings. The average molecular weight is 639 g/mol. The van der Waals surface area contributed by atoms with Crippen LogP contribution >= 0.6 is 0 Å². The van der Waals surface area contributed by atoms with E-state index in [0.29, 0.717) is 0 Å². The lowest BCUT2D eigenvalue weighted by atomic mass is 9.81. The smallest absolute Gasteiger partial charge is 0.0273 e. The topological polar surface area (TPSA) is 25.8 Å². The van der Waals surface area contributed by atoms with Crippen LogP contribution < -0.4 is 0 Å². The van der Waals surface area contributed by atoms with Crippen LogP contribution in [-0.4, -0.2) is 9.97 Å². The van der Waals surface area contributed by atoms with Crippen LogP contribution in [0.1, 0.15) is 22.3 Å². The van der Waals surface area contributed by atoms with Crippen molar-refractivity contribution in [1.82, 2.24) is 9.97 Å². The summed E-state index contributed by atoms with van der Waals surface area (Å²) in [7, 11) is 0. The second-order valence-electron chi connectivity index (χ2n) is 12.2. The Morgan fingerprint density at radius 2 is 0.560 bits per heavy atom. The Labute approximate surface area is 293 Å². The van der Waals surface area contributed by atoms with E-state index in [1.54, 1.807) is 0 Å². The van der Waals surface area contributed by atoms with Crippen molar-refractivity contribution in [3.8, 4) is 44.5 Å². The van der Waals surface area contributed by atoms with E-state index in [1.165, 1.54) is 55.7 Å². The van der Waals surface area contributed by atoms with Gasteiger partial charge in [0.15, 0.2) is 0 Å². The maximum atomic E-state index is 4.20. The molecule has 0 fully saturated rings. The Kier molecular flexibility index (Phi) is 8.73. The number of aromatic nitrogens is 2. The van der Waals surface area contributed by atoms with Crippen molar-refractivity contribution >= 4 is 11.1 Å². The lowest BCUT2D eigenvalue weighted by molar-refractivity contribution is 1.33. The van der Waals surface area contributed by atoms with Crippen molar-refractivity contribution in [3.05, 3.63) is 229 Å². The van der Waals surface area contributed by atoms with Gasteiger partial charge < -0.3 is 0 Å². The van der Waals surface area contributed by atoms with Crippen molar-refractivity contribution in [3.63, 3.8) is 0 Å². The number of hydrogen-bond acceptors (Lipinski definition) is 2. The van der Waals surface area contributed by atoms with Gasteiger partial charge in [0.1, 0.15) is 0 Å². The maximum Gasteiger partial charge on any atom is 0.0273 e. The third-order valence-corrected chi connectivity index (χ3v) is 9.19. The zero-order valence-electron chi connectivity index (χ0n) is 27.5. The SMILES string of the molecule is c1ccc(/C(=C(\c2ccccc2)c2ccccc2-c2ccc(-c3ccncc3)cc2)c2ccccc2-c2ccc(-c3ccncc3)cc2)cc1. The monoisotopic (exact) mass is 638 g/mol. The Balaban J connectivity index is 1.36. The van der Waals surface area contributed by atoms with Crippen molar-refractivity contribution in [2.75, 3.05) is 0 Å². The molecule has 0 aliphatic heterocycles. The molecule has 0 aliphatic carbocycles. The van der Waals surface area contributed by atoms with Crippen LogP contribution in [0.4, 0.5) is 0 Å². The van der Waals surface area contributed by atoms with E-state index in [4.69, 9.17) is 0 Å². The van der Waals surface area contributed by atoms with Crippen molar-refractivity contribution < 1.29 is 0 Å². The Bertz CT molecular complexity index is 2190. The summed E-state index contributed by atoms with van der Waals surface area (Å²) in [6.45, 7) is 0. The summed E-state index contributed by atoms with van der Waals surface area (Å²) in [5.74, 6) is 0. The summed E-state index contributed by atoms with van der Waals surface area (Å²) in [5.41, 5.74) is 16.4. The molecule has 2 aromatic heterocycles. The quantitative estimate of drug-likeness (QED) is 0.155. The molecule has 236 valence electrons. The predicted octanol–water partition coefficient (Wildman–Crippen LogP) is 12.2. The first kappa shape index (κ1) is 30.7. The molecule has 0 aliphatic rings. The molecule has 0 bridgehead atoms. The standard InChI is InChI=1S/C48H34N2/c1-3-11-41(12-4-1)47(45-17-9-7-15-43(45)39-23-19-35(20-24-39)37-27-31-49-32-28-37)48(42-13-5-2-6-14-42)46-18-10-8-16-44(46)40-25-21-36(22-26-40)38-29-33-50-34-30-38/h1-34H/b48-47-. The Morgan fingerprint density at radius 1 is 0.260 bits per heavy atom. The summed E-state index contributed by atoms with van der Waals surface area (Å²) in [6, 6.07) is 65.2. The summed E-state index contributed by atoms with van der Waals surface area (Å²) in [5, 5.41) is 0. The molecule has 0 atom stereocenters. The molecule has 0 saturated carbocycles. The summed E-state index contributed by atoms with van der Waals surface area (Å²) in [4.78, 5) is 8.39. The van der Waals surface area contributed by atoms with E-state index in [0.717, 1.165) is 22.3 Å². The first-order chi connectivity index (χ1) is 24.8. The highest BCUT2D eigenvalue weighted by molar-refractivity contribution is 6.09. The molecule has 2 heteroatoms. The number of hydrogen-bond donors (Lipinski definition) is 0. The van der Waals surface area contributed by atoms with Gasteiger partial charge in [0.2, 0.25) is 0 Å². The largest absolute Gasteiger partial charge is 0.265 e. The summed E-state index contributed by atoms with van der Waals surface area (Å²) in [6.07, 6.45) is 7.36. The summed E-state index contributed by atoms with van der Waals surface area (Å²) >= 11 is 0. The van der Waals surface area contributed by atoms with Crippen molar-refractivity contribution in [2.24, 2.45) is 0 Å². The van der Waals surface area contributed by atoms with Gasteiger partial charge in [-0.15, -0.1) is 0 Å². The second-order valence-corrected chi connectivity index (χ2v) is 12.2. The number of benzene rings is 6. The minimum Gasteiger partial charge on any atom is -0.265 e. The van der Waals surface area contributed by atoms with E-state index < -0.39 is 0 Å². The van der Waals surface area contributed by atoms with Crippen LogP contribution in [-0.2, 0) is 0 Å². The Hall–Kier alpha value is -6.64. The molecule has 0 radical (unpaired) electrons. The normalized spacial score (nSPS) is 11.5. The van der Waals surface area contributed by atoms with Gasteiger partial charge in [-0.2, -0.15) is 0 Å². The number of pyridine rings is 2. The molecule has 2 nitrogen and oxygen atoms in total. The van der Waals surface area contributed by atoms with Crippen molar-refractivity contribution in [2.45, 2.75) is 0 Å². The minimum atomic E-state index is 1.15. The van der Waals surface area contributed by atoms with Crippen LogP contribution in [0.15, 0.2) is 207 Å². The van der Waals surface area contributed by atoms with Crippen LogP contribution in [0.3, 0.4) is 0 Å². The molecule has 0 amide bonds. The first-order valence-corrected chi connectivity index (χ1v) is 16.9. The Morgan fingerprint density at radius 3 is 0.940 bits per heavy atom. The zero-order valence-corrected chi connectivity index (χ0v) is 27.5. The van der Waals surface area contributed by atoms with Crippen LogP contribution in [0.25, 0.3) is 55.7 Å². The third-order valence-electron chi connectivity index (χ3n) is 9.19. The second kappa shape index (κ2) is 14.2. The molecule has 0 N–H and O–H groups in total. The molecular formula is C48H34N2. The molecule has 50 heavy (non-hydrogen) atoms. The van der Waals surface area contributed by atoms with E-state index in [1.807, 2.05) is 24.8 Å².